The zero-order chi connectivity index (χ0) is 14.0. The van der Waals surface area contributed by atoms with E-state index in [1.807, 2.05) is 20.8 Å². The maximum atomic E-state index is 11.8. The summed E-state index contributed by atoms with van der Waals surface area (Å²) in [6.45, 7) is 7.77. The highest BCUT2D eigenvalue weighted by Gasteiger charge is 2.36. The van der Waals surface area contributed by atoms with E-state index in [9.17, 15) is 4.79 Å². The fourth-order valence-electron chi connectivity index (χ4n) is 1.83. The van der Waals surface area contributed by atoms with E-state index in [0.29, 0.717) is 18.0 Å². The number of urea groups is 1. The van der Waals surface area contributed by atoms with Gasteiger partial charge in [-0.25, -0.2) is 4.79 Å². The molecule has 0 saturated carbocycles. The first-order chi connectivity index (χ1) is 8.87. The van der Waals surface area contributed by atoms with Crippen LogP contribution in [0.3, 0.4) is 0 Å². The molecule has 7 nitrogen and oxygen atoms in total. The summed E-state index contributed by atoms with van der Waals surface area (Å²) in [7, 11) is 0. The van der Waals surface area contributed by atoms with Gasteiger partial charge in [-0.05, 0) is 27.7 Å². The minimum absolute atomic E-state index is 0.163. The van der Waals surface area contributed by atoms with Crippen LogP contribution in [0.1, 0.15) is 26.5 Å². The van der Waals surface area contributed by atoms with Crippen LogP contribution >= 0.6 is 0 Å². The number of aryl methyl sites for hydroxylation is 1. The van der Waals surface area contributed by atoms with Gasteiger partial charge in [-0.1, -0.05) is 5.16 Å². The summed E-state index contributed by atoms with van der Waals surface area (Å²) in [6.07, 6.45) is 1.22. The Labute approximate surface area is 111 Å². The Hall–Kier alpha value is -1.60. The maximum Gasteiger partial charge on any atom is 0.319 e. The van der Waals surface area contributed by atoms with E-state index in [0.717, 1.165) is 0 Å². The van der Waals surface area contributed by atoms with E-state index in [1.54, 1.807) is 6.92 Å². The fraction of sp³-hybridized carbons (Fsp3) is 0.667. The molecule has 0 aliphatic carbocycles. The molecule has 7 heteroatoms. The Morgan fingerprint density at radius 1 is 1.58 bits per heavy atom. The predicted molar refractivity (Wildman–Crippen MR) is 67.8 cm³/mol. The van der Waals surface area contributed by atoms with Gasteiger partial charge in [-0.15, -0.1) is 0 Å². The van der Waals surface area contributed by atoms with E-state index in [-0.39, 0.29) is 18.2 Å². The zero-order valence-corrected chi connectivity index (χ0v) is 11.5. The Morgan fingerprint density at radius 2 is 2.32 bits per heavy atom. The summed E-state index contributed by atoms with van der Waals surface area (Å²) >= 11 is 0. The molecule has 1 aromatic heterocycles. The smallest absolute Gasteiger partial charge is 0.319 e. The molecular weight excluding hydrogens is 250 g/mol. The van der Waals surface area contributed by atoms with Crippen molar-refractivity contribution in [2.75, 3.05) is 11.9 Å². The fourth-order valence-corrected chi connectivity index (χ4v) is 1.83. The van der Waals surface area contributed by atoms with Gasteiger partial charge in [0.05, 0.1) is 12.6 Å². The molecule has 2 N–H and O–H groups in total. The number of nitrogens with one attached hydrogen (secondary N) is 2. The van der Waals surface area contributed by atoms with Gasteiger partial charge in [0.25, 0.3) is 0 Å². The largest absolute Gasteiger partial charge is 0.362 e. The highest BCUT2D eigenvalue weighted by atomic mass is 16.7. The van der Waals surface area contributed by atoms with E-state index in [1.165, 1.54) is 6.26 Å². The van der Waals surface area contributed by atoms with Crippen LogP contribution in [0.5, 0.6) is 0 Å². The van der Waals surface area contributed by atoms with E-state index in [2.05, 4.69) is 15.8 Å². The Morgan fingerprint density at radius 3 is 2.84 bits per heavy atom. The highest BCUT2D eigenvalue weighted by Crippen LogP contribution is 2.24. The van der Waals surface area contributed by atoms with Crippen LogP contribution in [0.4, 0.5) is 10.5 Å². The average molecular weight is 269 g/mol. The van der Waals surface area contributed by atoms with Crippen LogP contribution in [-0.2, 0) is 9.47 Å². The standard InChI is InChI=1S/C12H19N3O4/c1-7-9(5-18-15-7)14-11(16)13-8(2)10-6-17-12(3,4)19-10/h5,8,10H,6H2,1-4H3,(H2,13,14,16)/t8-,10+/m0/s1. The van der Waals surface area contributed by atoms with Gasteiger partial charge in [0.2, 0.25) is 0 Å². The van der Waals surface area contributed by atoms with Gasteiger partial charge in [-0.2, -0.15) is 0 Å². The molecule has 2 atom stereocenters. The molecule has 1 saturated heterocycles. The molecule has 19 heavy (non-hydrogen) atoms. The van der Waals surface area contributed by atoms with Crippen molar-refractivity contribution in [3.05, 3.63) is 12.0 Å². The molecule has 0 aromatic carbocycles. The minimum atomic E-state index is -0.595. The molecule has 106 valence electrons. The number of ether oxygens (including phenoxy) is 2. The van der Waals surface area contributed by atoms with Crippen molar-refractivity contribution in [2.24, 2.45) is 0 Å². The van der Waals surface area contributed by atoms with E-state index >= 15 is 0 Å². The molecule has 2 heterocycles. The predicted octanol–water partition coefficient (Wildman–Crippen LogP) is 1.64. The van der Waals surface area contributed by atoms with Gasteiger partial charge in [0.15, 0.2) is 5.79 Å². The molecule has 1 aliphatic rings. The summed E-state index contributed by atoms with van der Waals surface area (Å²) in [5, 5.41) is 9.15. The summed E-state index contributed by atoms with van der Waals surface area (Å²) in [4.78, 5) is 11.8. The summed E-state index contributed by atoms with van der Waals surface area (Å²) in [5.41, 5.74) is 1.18. The van der Waals surface area contributed by atoms with Crippen LogP contribution in [0.2, 0.25) is 0 Å². The molecule has 0 bridgehead atoms. The number of aromatic nitrogens is 1. The molecule has 1 aromatic rings. The maximum absolute atomic E-state index is 11.8. The number of amides is 2. The van der Waals surface area contributed by atoms with Crippen LogP contribution in [0.15, 0.2) is 10.8 Å². The third-order valence-corrected chi connectivity index (χ3v) is 2.95. The number of hydrogen-bond donors (Lipinski definition) is 2. The second kappa shape index (κ2) is 5.18. The van der Waals surface area contributed by atoms with Crippen LogP contribution in [0, 0.1) is 6.92 Å². The molecule has 0 spiro atoms. The van der Waals surface area contributed by atoms with Gasteiger partial charge in [0.1, 0.15) is 23.7 Å². The first-order valence-corrected chi connectivity index (χ1v) is 6.17. The molecule has 0 radical (unpaired) electrons. The number of hydrogen-bond acceptors (Lipinski definition) is 5. The van der Waals surface area contributed by atoms with Crippen molar-refractivity contribution in [2.45, 2.75) is 45.6 Å². The molecule has 1 fully saturated rings. The first kappa shape index (κ1) is 13.8. The second-order valence-electron chi connectivity index (χ2n) is 5.07. The number of carbonyl (C=O) groups excluding carboxylic acids is 1. The van der Waals surface area contributed by atoms with Crippen molar-refractivity contribution < 1.29 is 18.8 Å². The molecule has 0 unspecified atom stereocenters. The normalized spacial score (nSPS) is 23.1. The third kappa shape index (κ3) is 3.45. The SMILES string of the molecule is Cc1nocc1NC(=O)N[C@@H](C)[C@H]1COC(C)(C)O1. The Balaban J connectivity index is 1.84. The van der Waals surface area contributed by atoms with Crippen molar-refractivity contribution in [3.8, 4) is 0 Å². The number of carbonyl (C=O) groups is 1. The van der Waals surface area contributed by atoms with Gasteiger partial charge in [0, 0.05) is 0 Å². The number of rotatable bonds is 3. The lowest BCUT2D eigenvalue weighted by Crippen LogP contribution is -2.44. The zero-order valence-electron chi connectivity index (χ0n) is 11.5. The summed E-state index contributed by atoms with van der Waals surface area (Å²) in [5.74, 6) is -0.595. The van der Waals surface area contributed by atoms with Crippen LogP contribution < -0.4 is 10.6 Å². The van der Waals surface area contributed by atoms with Gasteiger partial charge >= 0.3 is 6.03 Å². The van der Waals surface area contributed by atoms with Gasteiger partial charge in [-0.3, -0.25) is 0 Å². The average Bonchev–Trinajstić information content (AvgIpc) is 2.85. The van der Waals surface area contributed by atoms with Crippen molar-refractivity contribution in [1.82, 2.24) is 10.5 Å². The van der Waals surface area contributed by atoms with Crippen LogP contribution in [-0.4, -0.2) is 35.7 Å². The molecule has 2 rings (SSSR count). The summed E-state index contributed by atoms with van der Waals surface area (Å²) < 4.78 is 15.9. The lowest BCUT2D eigenvalue weighted by molar-refractivity contribution is -0.140. The molecule has 1 aliphatic heterocycles. The number of anilines is 1. The minimum Gasteiger partial charge on any atom is -0.362 e. The second-order valence-corrected chi connectivity index (χ2v) is 5.07. The van der Waals surface area contributed by atoms with Gasteiger partial charge < -0.3 is 24.6 Å². The lowest BCUT2D eigenvalue weighted by atomic mass is 10.2. The lowest BCUT2D eigenvalue weighted by Gasteiger charge is -2.22. The Bertz CT molecular complexity index is 458. The van der Waals surface area contributed by atoms with E-state index < -0.39 is 5.79 Å². The molecule has 2 amide bonds. The van der Waals surface area contributed by atoms with Crippen molar-refractivity contribution >= 4 is 11.7 Å². The number of nitrogens with zero attached hydrogens (tertiary/aromatic N) is 1. The third-order valence-electron chi connectivity index (χ3n) is 2.95. The summed E-state index contributed by atoms with van der Waals surface area (Å²) in [6, 6.07) is -0.492. The highest BCUT2D eigenvalue weighted by molar-refractivity contribution is 5.89. The Kier molecular flexibility index (Phi) is 3.77. The molecular formula is C12H19N3O4. The quantitative estimate of drug-likeness (QED) is 0.871. The first-order valence-electron chi connectivity index (χ1n) is 6.17. The van der Waals surface area contributed by atoms with Crippen molar-refractivity contribution in [1.29, 1.82) is 0 Å². The van der Waals surface area contributed by atoms with E-state index in [4.69, 9.17) is 14.0 Å². The van der Waals surface area contributed by atoms with Crippen molar-refractivity contribution in [3.63, 3.8) is 0 Å². The monoisotopic (exact) mass is 269 g/mol. The van der Waals surface area contributed by atoms with Crippen LogP contribution in [0.25, 0.3) is 0 Å². The topological polar surface area (TPSA) is 85.6 Å².